The first-order chi connectivity index (χ1) is 8.42. The summed E-state index contributed by atoms with van der Waals surface area (Å²) in [5, 5.41) is 5.97. The highest BCUT2D eigenvalue weighted by atomic mass is 31.2. The Kier molecular flexibility index (Phi) is 3.14. The van der Waals surface area contributed by atoms with Gasteiger partial charge < -0.3 is 28.9 Å². The number of imidazole rings is 1. The third-order valence-electron chi connectivity index (χ3n) is 1.83. The zero-order valence-electron chi connectivity index (χ0n) is 10.5. The van der Waals surface area contributed by atoms with Crippen molar-refractivity contribution < 1.29 is 36.2 Å². The van der Waals surface area contributed by atoms with Gasteiger partial charge in [-0.05, 0) is 0 Å². The zero-order chi connectivity index (χ0) is 15.1. The quantitative estimate of drug-likeness (QED) is 0.533. The van der Waals surface area contributed by atoms with Gasteiger partial charge in [-0.25, -0.2) is 4.98 Å². The van der Waals surface area contributed by atoms with E-state index < -0.39 is 26.8 Å². The molecule has 0 aliphatic rings. The summed E-state index contributed by atoms with van der Waals surface area (Å²) in [5.74, 6) is 0. The van der Waals surface area contributed by atoms with E-state index in [1.807, 2.05) is 0 Å². The molecule has 4 N–H and O–H groups in total. The second-order valence-corrected chi connectivity index (χ2v) is 7.11. The number of nitrogens with zero attached hydrogens (tertiary/aromatic N) is 2. The Hall–Kier alpha value is -0.530. The topological polar surface area (TPSA) is 142 Å². The smallest absolute Gasteiger partial charge is 0.366 e. The summed E-state index contributed by atoms with van der Waals surface area (Å²) >= 11 is 0. The van der Waals surface area contributed by atoms with Crippen LogP contribution >= 0.6 is 15.2 Å². The summed E-state index contributed by atoms with van der Waals surface area (Å²) in [6.45, 7) is -3.34. The molecule has 98 valence electrons. The van der Waals surface area contributed by atoms with Gasteiger partial charge in [-0.2, -0.15) is 0 Å². The summed E-state index contributed by atoms with van der Waals surface area (Å²) in [6.07, 6.45) is 2.78. The van der Waals surface area contributed by atoms with E-state index in [0.29, 0.717) is 11.7 Å². The molecule has 17 heavy (non-hydrogen) atoms. The van der Waals surface area contributed by atoms with Crippen LogP contribution in [0.15, 0.2) is 18.7 Å². The van der Waals surface area contributed by atoms with E-state index in [-0.39, 0.29) is 0 Å². The van der Waals surface area contributed by atoms with Crippen LogP contribution in [-0.4, -0.2) is 41.5 Å². The molecule has 0 saturated carbocycles. The second kappa shape index (κ2) is 4.62. The Morgan fingerprint density at radius 2 is 2.12 bits per heavy atom. The van der Waals surface area contributed by atoms with E-state index in [4.69, 9.17) is 12.5 Å². The molecule has 9 nitrogen and oxygen atoms in total. The molecule has 0 fully saturated rings. The first kappa shape index (κ1) is 11.6. The monoisotopic (exact) mass is 288 g/mol. The van der Waals surface area contributed by atoms with Crippen molar-refractivity contribution in [3.05, 3.63) is 18.7 Å². The lowest BCUT2D eigenvalue weighted by Crippen LogP contribution is -2.34. The average Bonchev–Trinajstić information content (AvgIpc) is 2.79. The number of rotatable bonds is 5. The van der Waals surface area contributed by atoms with Gasteiger partial charge in [-0.15, -0.1) is 0 Å². The van der Waals surface area contributed by atoms with Crippen molar-refractivity contribution in [1.82, 2.24) is 9.55 Å². The zero-order valence-corrected chi connectivity index (χ0v) is 10.3. The molecule has 0 aliphatic heterocycles. The summed E-state index contributed by atoms with van der Waals surface area (Å²) < 4.78 is 42.7. The van der Waals surface area contributed by atoms with Crippen molar-refractivity contribution in [2.24, 2.45) is 0 Å². The Bertz CT molecular complexity index is 544. The molecule has 1 aromatic rings. The molecule has 0 spiro atoms. The molecular formula is C6H12N2O7P2. The van der Waals surface area contributed by atoms with Crippen molar-refractivity contribution in [2.75, 3.05) is 7.11 Å². The number of aliphatic hydroxyl groups is 1. The van der Waals surface area contributed by atoms with Crippen molar-refractivity contribution >= 4 is 15.2 Å². The van der Waals surface area contributed by atoms with Crippen LogP contribution in [0.1, 0.15) is 2.74 Å². The molecule has 0 saturated heterocycles. The molecule has 1 rings (SSSR count). The highest BCUT2D eigenvalue weighted by Gasteiger charge is 2.60. The molecule has 11 heteroatoms. The first-order valence-corrected chi connectivity index (χ1v) is 7.26. The lowest BCUT2D eigenvalue weighted by Gasteiger charge is -2.31. The molecule has 2 atom stereocenters. The molecule has 0 amide bonds. The maximum absolute atomic E-state index is 11.7. The van der Waals surface area contributed by atoms with Gasteiger partial charge >= 0.3 is 15.2 Å². The van der Waals surface area contributed by atoms with Crippen LogP contribution in [0.5, 0.6) is 0 Å². The van der Waals surface area contributed by atoms with Crippen molar-refractivity contribution in [3.8, 4) is 0 Å². The van der Waals surface area contributed by atoms with Crippen LogP contribution in [0.2, 0.25) is 0 Å². The van der Waals surface area contributed by atoms with Gasteiger partial charge in [0.25, 0.3) is 5.08 Å². The number of aromatic nitrogens is 2. The van der Waals surface area contributed by atoms with Gasteiger partial charge in [-0.3, -0.25) is 9.13 Å². The summed E-state index contributed by atoms with van der Waals surface area (Å²) in [6, 6.07) is 0. The fourth-order valence-electron chi connectivity index (χ4n) is 0.919. The van der Waals surface area contributed by atoms with Crippen LogP contribution in [0, 0.1) is 0 Å². The van der Waals surface area contributed by atoms with E-state index in [1.54, 1.807) is 0 Å². The largest absolute Gasteiger partial charge is 0.373 e. The Morgan fingerprint density at radius 1 is 1.53 bits per heavy atom. The van der Waals surface area contributed by atoms with Gasteiger partial charge in [-0.1, -0.05) is 0 Å². The average molecular weight is 288 g/mol. The van der Waals surface area contributed by atoms with Crippen LogP contribution in [-0.2, 0) is 20.2 Å². The van der Waals surface area contributed by atoms with Crippen molar-refractivity contribution in [3.63, 3.8) is 0 Å². The maximum Gasteiger partial charge on any atom is 0.373 e. The molecular weight excluding hydrogens is 274 g/mol. The first-order valence-electron chi connectivity index (χ1n) is 5.07. The Morgan fingerprint density at radius 3 is 2.47 bits per heavy atom. The fraction of sp³-hybridized carbons (Fsp3) is 0.500. The van der Waals surface area contributed by atoms with E-state index >= 15 is 0 Å². The molecule has 0 bridgehead atoms. The van der Waals surface area contributed by atoms with Crippen LogP contribution in [0.3, 0.4) is 0 Å². The molecule has 1 heterocycles. The van der Waals surface area contributed by atoms with Gasteiger partial charge in [0.1, 0.15) is 0 Å². The van der Waals surface area contributed by atoms with E-state index in [0.717, 1.165) is 18.7 Å². The minimum Gasteiger partial charge on any atom is -0.366 e. The van der Waals surface area contributed by atoms with Gasteiger partial charge in [0.2, 0.25) is 0 Å². The second-order valence-electron chi connectivity index (χ2n) is 2.96. The van der Waals surface area contributed by atoms with Gasteiger partial charge in [0.05, 0.1) is 15.6 Å². The predicted molar refractivity (Wildman–Crippen MR) is 56.1 cm³/mol. The molecule has 2 unspecified atom stereocenters. The van der Waals surface area contributed by atoms with Gasteiger partial charge in [0, 0.05) is 19.5 Å². The molecule has 0 aromatic carbocycles. The Balaban J connectivity index is 3.60. The van der Waals surface area contributed by atoms with Crippen LogP contribution < -0.4 is 0 Å². The minimum absolute atomic E-state index is 0.452. The lowest BCUT2D eigenvalue weighted by atomic mass is 10.6. The number of hydrogen-bond donors (Lipinski definition) is 4. The third kappa shape index (κ3) is 2.66. The highest BCUT2D eigenvalue weighted by Crippen LogP contribution is 2.70. The predicted octanol–water partition coefficient (Wildman–Crippen LogP) is -0.461. The van der Waals surface area contributed by atoms with Crippen LogP contribution in [0.4, 0.5) is 0 Å². The van der Waals surface area contributed by atoms with E-state index in [9.17, 15) is 19.1 Å². The lowest BCUT2D eigenvalue weighted by molar-refractivity contribution is 0.109. The van der Waals surface area contributed by atoms with Crippen LogP contribution in [0.25, 0.3) is 0 Å². The highest BCUT2D eigenvalue weighted by molar-refractivity contribution is 7.72. The standard InChI is InChI=1S/C6H12N2O7P2/c1-15-17(13,14)6(9,16(10,11)12)4-8-3-2-7-5-8/h2-3,5,9H,4H2,1H3,(H,13,14)(H2,10,11,12)/i4D2. The Labute approximate surface area is 99.2 Å². The third-order valence-corrected chi connectivity index (χ3v) is 5.67. The molecule has 0 radical (unpaired) electrons. The van der Waals surface area contributed by atoms with Gasteiger partial charge in [0.15, 0.2) is 0 Å². The van der Waals surface area contributed by atoms with E-state index in [1.165, 1.54) is 0 Å². The van der Waals surface area contributed by atoms with Crippen molar-refractivity contribution in [1.29, 1.82) is 0 Å². The summed E-state index contributed by atoms with van der Waals surface area (Å²) in [4.78, 5) is 31.1. The fourth-order valence-corrected chi connectivity index (χ4v) is 3.22. The normalized spacial score (nSPS) is 22.2. The molecule has 0 aliphatic carbocycles. The number of hydrogen-bond acceptors (Lipinski definition) is 5. The molecule has 1 aromatic heterocycles. The summed E-state index contributed by atoms with van der Waals surface area (Å²) in [7, 11) is -10.6. The van der Waals surface area contributed by atoms with Crippen molar-refractivity contribution in [2.45, 2.75) is 11.6 Å². The summed E-state index contributed by atoms with van der Waals surface area (Å²) in [5.41, 5.74) is 0. The SMILES string of the molecule is [2H]C([2H])(n1ccnc1)C(O)(P(=O)(O)O)P(=O)(O)OC. The maximum atomic E-state index is 11.7. The minimum atomic E-state index is -5.79. The van der Waals surface area contributed by atoms with E-state index in [2.05, 4.69) is 9.51 Å².